The van der Waals surface area contributed by atoms with Crippen molar-refractivity contribution >= 4 is 17.6 Å². The minimum atomic E-state index is -1.03. The van der Waals surface area contributed by atoms with Crippen LogP contribution in [0.3, 0.4) is 0 Å². The van der Waals surface area contributed by atoms with E-state index in [9.17, 15) is 9.59 Å². The summed E-state index contributed by atoms with van der Waals surface area (Å²) in [7, 11) is 0. The van der Waals surface area contributed by atoms with Crippen LogP contribution in [0.15, 0.2) is 4.99 Å². The molecule has 1 aliphatic rings. The normalized spacial score (nSPS) is 20.4. The first-order valence-electron chi connectivity index (χ1n) is 4.62. The molecular formula is C9H15N3O2. The van der Waals surface area contributed by atoms with Crippen LogP contribution in [-0.2, 0) is 9.59 Å². The Hall–Kier alpha value is -1.23. The van der Waals surface area contributed by atoms with Gasteiger partial charge < -0.3 is 10.6 Å². The van der Waals surface area contributed by atoms with Crippen molar-refractivity contribution in [3.8, 4) is 0 Å². The maximum absolute atomic E-state index is 11.5. The van der Waals surface area contributed by atoms with Crippen LogP contribution < -0.4 is 10.6 Å². The number of hydrogen-bond donors (Lipinski definition) is 2. The monoisotopic (exact) mass is 197 g/mol. The summed E-state index contributed by atoms with van der Waals surface area (Å²) in [5.74, 6) is -0.263. The average Bonchev–Trinajstić information content (AvgIpc) is 2.11. The summed E-state index contributed by atoms with van der Waals surface area (Å²) in [5.41, 5.74) is -1.03. The number of amides is 2. The molecule has 5 heteroatoms. The number of carbonyl (C=O) groups is 2. The van der Waals surface area contributed by atoms with Crippen LogP contribution in [0.25, 0.3) is 0 Å². The summed E-state index contributed by atoms with van der Waals surface area (Å²) in [6, 6.07) is 0. The molecule has 0 aliphatic carbocycles. The van der Waals surface area contributed by atoms with Gasteiger partial charge in [-0.15, -0.1) is 0 Å². The largest absolute Gasteiger partial charge is 0.312 e. The Labute approximate surface area is 83.0 Å². The van der Waals surface area contributed by atoms with E-state index in [0.29, 0.717) is 12.4 Å². The number of hydrogen-bond acceptors (Lipinski definition) is 3. The third-order valence-corrected chi connectivity index (χ3v) is 2.14. The van der Waals surface area contributed by atoms with Crippen LogP contribution in [0.5, 0.6) is 0 Å². The first kappa shape index (κ1) is 10.8. The Bertz CT molecular complexity index is 294. The molecule has 0 saturated heterocycles. The second-order valence-electron chi connectivity index (χ2n) is 3.72. The van der Waals surface area contributed by atoms with Gasteiger partial charge in [0.15, 0.2) is 0 Å². The molecule has 0 spiro atoms. The second kappa shape index (κ2) is 3.88. The Morgan fingerprint density at radius 3 is 2.57 bits per heavy atom. The van der Waals surface area contributed by atoms with Gasteiger partial charge in [-0.2, -0.15) is 4.99 Å². The van der Waals surface area contributed by atoms with Gasteiger partial charge in [0.1, 0.15) is 11.3 Å². The maximum atomic E-state index is 11.5. The number of amidine groups is 1. The van der Waals surface area contributed by atoms with E-state index >= 15 is 0 Å². The molecule has 0 saturated carbocycles. The molecule has 0 aromatic rings. The standard InChI is InChI=1S/C9H15N3O2/c1-4-10-5-6-11-7(13)9(2,3)8(14)12-6/h10H,4-5H2,1-3H3,(H,11,12,13,14). The molecule has 0 bridgehead atoms. The molecule has 0 radical (unpaired) electrons. The number of nitrogens with one attached hydrogen (secondary N) is 2. The fraction of sp³-hybridized carbons (Fsp3) is 0.667. The average molecular weight is 197 g/mol. The van der Waals surface area contributed by atoms with Gasteiger partial charge >= 0.3 is 0 Å². The predicted octanol–water partition coefficient (Wildman–Crippen LogP) is -0.323. The lowest BCUT2D eigenvalue weighted by atomic mass is 9.90. The number of likely N-dealkylation sites (N-methyl/N-ethyl adjacent to an activating group) is 1. The summed E-state index contributed by atoms with van der Waals surface area (Å²) < 4.78 is 0. The Morgan fingerprint density at radius 2 is 2.07 bits per heavy atom. The molecule has 0 atom stereocenters. The molecule has 14 heavy (non-hydrogen) atoms. The quantitative estimate of drug-likeness (QED) is 0.609. The highest BCUT2D eigenvalue weighted by molar-refractivity contribution is 6.18. The van der Waals surface area contributed by atoms with E-state index in [-0.39, 0.29) is 11.8 Å². The number of aliphatic imine (C=N–C) groups is 1. The third-order valence-electron chi connectivity index (χ3n) is 2.14. The summed E-state index contributed by atoms with van der Waals surface area (Å²) >= 11 is 0. The summed E-state index contributed by atoms with van der Waals surface area (Å²) in [6.45, 7) is 6.27. The minimum Gasteiger partial charge on any atom is -0.312 e. The van der Waals surface area contributed by atoms with E-state index in [0.717, 1.165) is 6.54 Å². The first-order valence-corrected chi connectivity index (χ1v) is 4.62. The maximum Gasteiger partial charge on any atom is 0.262 e. The molecule has 0 aromatic heterocycles. The molecular weight excluding hydrogens is 182 g/mol. The molecule has 0 fully saturated rings. The van der Waals surface area contributed by atoms with Crippen LogP contribution in [0.1, 0.15) is 20.8 Å². The molecule has 0 aromatic carbocycles. The highest BCUT2D eigenvalue weighted by Gasteiger charge is 2.39. The van der Waals surface area contributed by atoms with E-state index in [1.165, 1.54) is 0 Å². The molecule has 1 heterocycles. The van der Waals surface area contributed by atoms with Crippen molar-refractivity contribution in [3.63, 3.8) is 0 Å². The lowest BCUT2D eigenvalue weighted by molar-refractivity contribution is -0.139. The fourth-order valence-corrected chi connectivity index (χ4v) is 1.00. The van der Waals surface area contributed by atoms with Crippen molar-refractivity contribution in [2.75, 3.05) is 13.1 Å². The van der Waals surface area contributed by atoms with Gasteiger partial charge in [-0.25, -0.2) is 0 Å². The van der Waals surface area contributed by atoms with Crippen molar-refractivity contribution in [1.29, 1.82) is 0 Å². The van der Waals surface area contributed by atoms with E-state index in [1.54, 1.807) is 13.8 Å². The van der Waals surface area contributed by atoms with Crippen LogP contribution in [0.2, 0.25) is 0 Å². The fourth-order valence-electron chi connectivity index (χ4n) is 1.00. The first-order chi connectivity index (χ1) is 6.48. The number of nitrogens with zero attached hydrogens (tertiary/aromatic N) is 1. The molecule has 0 unspecified atom stereocenters. The van der Waals surface area contributed by atoms with Crippen molar-refractivity contribution in [2.24, 2.45) is 10.4 Å². The van der Waals surface area contributed by atoms with E-state index < -0.39 is 5.41 Å². The molecule has 1 aliphatic heterocycles. The van der Waals surface area contributed by atoms with Gasteiger partial charge in [0.2, 0.25) is 5.91 Å². The SMILES string of the molecule is CCNCC1=NC(=O)C(C)(C)C(=O)N1. The van der Waals surface area contributed by atoms with E-state index in [4.69, 9.17) is 0 Å². The summed E-state index contributed by atoms with van der Waals surface area (Å²) in [6.07, 6.45) is 0. The lowest BCUT2D eigenvalue weighted by Gasteiger charge is -2.25. The molecule has 5 nitrogen and oxygen atoms in total. The van der Waals surface area contributed by atoms with Gasteiger partial charge in [0.05, 0.1) is 6.54 Å². The smallest absolute Gasteiger partial charge is 0.262 e. The van der Waals surface area contributed by atoms with Crippen LogP contribution >= 0.6 is 0 Å². The van der Waals surface area contributed by atoms with Gasteiger partial charge in [-0.1, -0.05) is 6.92 Å². The summed E-state index contributed by atoms with van der Waals surface area (Å²) in [4.78, 5) is 26.7. The Morgan fingerprint density at radius 1 is 1.43 bits per heavy atom. The van der Waals surface area contributed by atoms with Crippen molar-refractivity contribution < 1.29 is 9.59 Å². The highest BCUT2D eigenvalue weighted by Crippen LogP contribution is 2.19. The lowest BCUT2D eigenvalue weighted by Crippen LogP contribution is -2.51. The zero-order valence-corrected chi connectivity index (χ0v) is 8.68. The number of rotatable bonds is 3. The zero-order valence-electron chi connectivity index (χ0n) is 8.68. The van der Waals surface area contributed by atoms with Crippen molar-refractivity contribution in [2.45, 2.75) is 20.8 Å². The third kappa shape index (κ3) is 1.98. The number of carbonyl (C=O) groups excluding carboxylic acids is 2. The van der Waals surface area contributed by atoms with Crippen LogP contribution in [-0.4, -0.2) is 30.7 Å². The Balaban J connectivity index is 2.76. The van der Waals surface area contributed by atoms with Crippen molar-refractivity contribution in [3.05, 3.63) is 0 Å². The summed E-state index contributed by atoms with van der Waals surface area (Å²) in [5, 5.41) is 5.59. The van der Waals surface area contributed by atoms with Crippen molar-refractivity contribution in [1.82, 2.24) is 10.6 Å². The predicted molar refractivity (Wildman–Crippen MR) is 52.9 cm³/mol. The van der Waals surface area contributed by atoms with Crippen LogP contribution in [0, 0.1) is 5.41 Å². The highest BCUT2D eigenvalue weighted by atomic mass is 16.2. The topological polar surface area (TPSA) is 70.6 Å². The van der Waals surface area contributed by atoms with Gasteiger partial charge in [-0.3, -0.25) is 9.59 Å². The van der Waals surface area contributed by atoms with Crippen LogP contribution in [0.4, 0.5) is 0 Å². The molecule has 78 valence electrons. The molecule has 2 amide bonds. The van der Waals surface area contributed by atoms with E-state index in [1.807, 2.05) is 6.92 Å². The van der Waals surface area contributed by atoms with Gasteiger partial charge in [0, 0.05) is 0 Å². The molecule has 1 rings (SSSR count). The zero-order chi connectivity index (χ0) is 10.8. The second-order valence-corrected chi connectivity index (χ2v) is 3.72. The van der Waals surface area contributed by atoms with Gasteiger partial charge in [0.25, 0.3) is 5.91 Å². The minimum absolute atomic E-state index is 0.287. The van der Waals surface area contributed by atoms with Gasteiger partial charge in [-0.05, 0) is 20.4 Å². The molecule has 2 N–H and O–H groups in total. The van der Waals surface area contributed by atoms with E-state index in [2.05, 4.69) is 15.6 Å². The Kier molecular flexibility index (Phi) is 3.00.